The zero-order valence-corrected chi connectivity index (χ0v) is 14.9. The van der Waals surface area contributed by atoms with E-state index in [1.807, 2.05) is 50.2 Å². The van der Waals surface area contributed by atoms with E-state index >= 15 is 0 Å². The number of benzene rings is 1. The average molecular weight is 323 g/mol. The fourth-order valence-electron chi connectivity index (χ4n) is 1.95. The molecule has 0 bridgehead atoms. The van der Waals surface area contributed by atoms with Crippen LogP contribution in [0.4, 0.5) is 5.69 Å². The second kappa shape index (κ2) is 9.46. The molecule has 1 atom stereocenters. The van der Waals surface area contributed by atoms with Crippen LogP contribution >= 0.6 is 11.6 Å². The van der Waals surface area contributed by atoms with E-state index in [1.165, 1.54) is 5.57 Å². The molecule has 4 nitrogen and oxygen atoms in total. The molecule has 1 aromatic carbocycles. The monoisotopic (exact) mass is 322 g/mol. The van der Waals surface area contributed by atoms with E-state index in [1.54, 1.807) is 0 Å². The molecule has 1 unspecified atom stereocenters. The molecule has 0 fully saturated rings. The van der Waals surface area contributed by atoms with E-state index in [4.69, 9.17) is 11.6 Å². The Balaban J connectivity index is 2.66. The van der Waals surface area contributed by atoms with Gasteiger partial charge in [0, 0.05) is 30.3 Å². The van der Waals surface area contributed by atoms with Crippen molar-refractivity contribution in [3.05, 3.63) is 40.9 Å². The summed E-state index contributed by atoms with van der Waals surface area (Å²) >= 11 is 6.05. The van der Waals surface area contributed by atoms with Gasteiger partial charge in [-0.15, -0.1) is 0 Å². The molecule has 0 amide bonds. The quantitative estimate of drug-likeness (QED) is 0.407. The van der Waals surface area contributed by atoms with Crippen molar-refractivity contribution < 1.29 is 0 Å². The predicted octanol–water partition coefficient (Wildman–Crippen LogP) is 5.18. The van der Waals surface area contributed by atoms with Crippen molar-refractivity contribution in [2.75, 3.05) is 18.9 Å². The van der Waals surface area contributed by atoms with Crippen LogP contribution in [0, 0.1) is 0 Å². The number of hydrogen-bond donors (Lipinski definition) is 1. The lowest BCUT2D eigenvalue weighted by Gasteiger charge is -2.23. The smallest absolute Gasteiger partial charge is 0.0673 e. The Hall–Kier alpha value is -1.55. The third-order valence-electron chi connectivity index (χ3n) is 3.35. The molecule has 0 radical (unpaired) electrons. The van der Waals surface area contributed by atoms with Crippen LogP contribution in [0.25, 0.3) is 0 Å². The first-order chi connectivity index (χ1) is 10.4. The minimum atomic E-state index is 0.222. The predicted molar refractivity (Wildman–Crippen MR) is 95.5 cm³/mol. The maximum absolute atomic E-state index is 6.05. The van der Waals surface area contributed by atoms with Gasteiger partial charge in [-0.1, -0.05) is 34.5 Å². The van der Waals surface area contributed by atoms with E-state index < -0.39 is 0 Å². The normalized spacial score (nSPS) is 13.7. The summed E-state index contributed by atoms with van der Waals surface area (Å²) in [5, 5.41) is 14.5. The van der Waals surface area contributed by atoms with E-state index in [0.29, 0.717) is 0 Å². The van der Waals surface area contributed by atoms with Crippen molar-refractivity contribution in [2.24, 2.45) is 10.3 Å². The first-order valence-corrected chi connectivity index (χ1v) is 8.07. The number of anilines is 1. The summed E-state index contributed by atoms with van der Waals surface area (Å²) in [5.74, 6) is 0. The molecular weight excluding hydrogens is 296 g/mol. The van der Waals surface area contributed by atoms with Crippen molar-refractivity contribution in [1.82, 2.24) is 5.01 Å². The molecule has 0 saturated carbocycles. The SMILES string of the molecule is C/C=C(\C)C(CCN(C)N=NC(C)C)Nc1cccc(Cl)c1. The molecule has 0 aliphatic heterocycles. The molecule has 122 valence electrons. The minimum absolute atomic E-state index is 0.222. The van der Waals surface area contributed by atoms with Crippen molar-refractivity contribution >= 4 is 17.3 Å². The van der Waals surface area contributed by atoms with Crippen LogP contribution in [0.1, 0.15) is 34.1 Å². The summed E-state index contributed by atoms with van der Waals surface area (Å²) in [5.41, 5.74) is 2.33. The topological polar surface area (TPSA) is 40.0 Å². The molecule has 0 aliphatic rings. The van der Waals surface area contributed by atoms with E-state index in [-0.39, 0.29) is 12.1 Å². The van der Waals surface area contributed by atoms with Crippen LogP contribution in [0.2, 0.25) is 5.02 Å². The lowest BCUT2D eigenvalue weighted by atomic mass is 10.0. The van der Waals surface area contributed by atoms with Gasteiger partial charge in [-0.2, -0.15) is 5.11 Å². The number of halogens is 1. The number of nitrogens with one attached hydrogen (secondary N) is 1. The van der Waals surface area contributed by atoms with Gasteiger partial charge < -0.3 is 5.32 Å². The third kappa shape index (κ3) is 6.94. The Labute approximate surface area is 139 Å². The molecule has 0 saturated heterocycles. The molecule has 1 aromatic rings. The fraction of sp³-hybridized carbons (Fsp3) is 0.529. The van der Waals surface area contributed by atoms with Gasteiger partial charge in [-0.05, 0) is 52.3 Å². The minimum Gasteiger partial charge on any atom is -0.378 e. The number of hydrogen-bond acceptors (Lipinski definition) is 3. The Kier molecular flexibility index (Phi) is 7.96. The van der Waals surface area contributed by atoms with Crippen molar-refractivity contribution in [3.63, 3.8) is 0 Å². The Morgan fingerprint density at radius 3 is 2.73 bits per heavy atom. The third-order valence-corrected chi connectivity index (χ3v) is 3.58. The molecule has 0 heterocycles. The van der Waals surface area contributed by atoms with Crippen LogP contribution < -0.4 is 5.32 Å². The summed E-state index contributed by atoms with van der Waals surface area (Å²) in [4.78, 5) is 0. The van der Waals surface area contributed by atoms with Gasteiger partial charge in [-0.25, -0.2) is 0 Å². The zero-order valence-electron chi connectivity index (χ0n) is 14.2. The highest BCUT2D eigenvalue weighted by Gasteiger charge is 2.11. The molecule has 22 heavy (non-hydrogen) atoms. The highest BCUT2D eigenvalue weighted by Crippen LogP contribution is 2.19. The van der Waals surface area contributed by atoms with Crippen LogP contribution in [0.15, 0.2) is 46.3 Å². The summed E-state index contributed by atoms with van der Waals surface area (Å²) in [6, 6.07) is 8.28. The van der Waals surface area contributed by atoms with Crippen LogP contribution in [-0.2, 0) is 0 Å². The molecule has 1 N–H and O–H groups in total. The molecular formula is C17H27ClN4. The largest absolute Gasteiger partial charge is 0.378 e. The molecule has 1 rings (SSSR count). The van der Waals surface area contributed by atoms with Gasteiger partial charge in [0.15, 0.2) is 0 Å². The van der Waals surface area contributed by atoms with Crippen LogP contribution in [0.3, 0.4) is 0 Å². The standard InChI is InChI=1S/C17H27ClN4/c1-6-14(4)17(10-11-22(5)21-20-13(2)3)19-16-9-7-8-15(18)12-16/h6-9,12-13,17,19H,10-11H2,1-5H3/b14-6+,21-20?. The van der Waals surface area contributed by atoms with Crippen LogP contribution in [0.5, 0.6) is 0 Å². The highest BCUT2D eigenvalue weighted by atomic mass is 35.5. The molecule has 0 spiro atoms. The molecule has 0 aliphatic carbocycles. The van der Waals surface area contributed by atoms with Crippen molar-refractivity contribution in [1.29, 1.82) is 0 Å². The maximum atomic E-state index is 6.05. The second-order valence-electron chi connectivity index (χ2n) is 5.71. The van der Waals surface area contributed by atoms with E-state index in [9.17, 15) is 0 Å². The van der Waals surface area contributed by atoms with Crippen LogP contribution in [-0.4, -0.2) is 30.7 Å². The molecule has 5 heteroatoms. The summed E-state index contributed by atoms with van der Waals surface area (Å²) in [7, 11) is 1.95. The molecule has 0 aromatic heterocycles. The maximum Gasteiger partial charge on any atom is 0.0673 e. The van der Waals surface area contributed by atoms with E-state index in [0.717, 1.165) is 23.7 Å². The summed E-state index contributed by atoms with van der Waals surface area (Å²) in [6.45, 7) is 9.07. The van der Waals surface area contributed by atoms with Crippen molar-refractivity contribution in [3.8, 4) is 0 Å². The summed E-state index contributed by atoms with van der Waals surface area (Å²) in [6.07, 6.45) is 3.08. The van der Waals surface area contributed by atoms with Gasteiger partial charge >= 0.3 is 0 Å². The van der Waals surface area contributed by atoms with Gasteiger partial charge in [0.25, 0.3) is 0 Å². The Morgan fingerprint density at radius 2 is 2.14 bits per heavy atom. The van der Waals surface area contributed by atoms with Gasteiger partial charge in [-0.3, -0.25) is 5.01 Å². The van der Waals surface area contributed by atoms with Crippen molar-refractivity contribution in [2.45, 2.75) is 46.2 Å². The first-order valence-electron chi connectivity index (χ1n) is 7.69. The zero-order chi connectivity index (χ0) is 16.5. The van der Waals surface area contributed by atoms with Gasteiger partial charge in [0.05, 0.1) is 6.04 Å². The van der Waals surface area contributed by atoms with Gasteiger partial charge in [0.1, 0.15) is 0 Å². The fourth-order valence-corrected chi connectivity index (χ4v) is 2.14. The lowest BCUT2D eigenvalue weighted by Crippen LogP contribution is -2.26. The Morgan fingerprint density at radius 1 is 1.41 bits per heavy atom. The Bertz CT molecular complexity index is 511. The second-order valence-corrected chi connectivity index (χ2v) is 6.14. The summed E-state index contributed by atoms with van der Waals surface area (Å²) < 4.78 is 0. The number of allylic oxidation sites excluding steroid dienone is 1. The number of rotatable bonds is 8. The average Bonchev–Trinajstić information content (AvgIpc) is 2.48. The van der Waals surface area contributed by atoms with E-state index in [2.05, 4.69) is 35.6 Å². The number of nitrogens with zero attached hydrogens (tertiary/aromatic N) is 3. The lowest BCUT2D eigenvalue weighted by molar-refractivity contribution is 0.312. The van der Waals surface area contributed by atoms with Gasteiger partial charge in [0.2, 0.25) is 0 Å². The first kappa shape index (κ1) is 18.5. The highest BCUT2D eigenvalue weighted by molar-refractivity contribution is 6.30.